The molecule has 0 radical (unpaired) electrons. The van der Waals surface area contributed by atoms with Gasteiger partial charge in [0.1, 0.15) is 16.5 Å². The van der Waals surface area contributed by atoms with Crippen molar-refractivity contribution in [2.75, 3.05) is 45.9 Å². The van der Waals surface area contributed by atoms with Crippen LogP contribution in [0.3, 0.4) is 0 Å². The SMILES string of the molecule is CCCOc1ccc(-c2nc(C(=O)NCCCN3CCNCC3)cs2)cc1.Cl. The van der Waals surface area contributed by atoms with Gasteiger partial charge in [-0.1, -0.05) is 6.92 Å². The molecular formula is C20H29ClN4O2S. The normalized spacial score (nSPS) is 14.3. The second-order valence-corrected chi connectivity index (χ2v) is 7.47. The number of nitrogens with one attached hydrogen (secondary N) is 2. The maximum Gasteiger partial charge on any atom is 0.270 e. The molecule has 8 heteroatoms. The number of aromatic nitrogens is 1. The zero-order chi connectivity index (χ0) is 18.9. The third-order valence-corrected chi connectivity index (χ3v) is 5.35. The number of carbonyl (C=O) groups excluding carboxylic acids is 1. The van der Waals surface area contributed by atoms with Crippen LogP contribution in [0.25, 0.3) is 10.6 Å². The van der Waals surface area contributed by atoms with E-state index in [1.165, 1.54) is 11.3 Å². The molecule has 0 saturated carbocycles. The number of thiazole rings is 1. The Bertz CT molecular complexity index is 717. The molecule has 6 nitrogen and oxygen atoms in total. The second kappa shape index (κ2) is 12.0. The predicted molar refractivity (Wildman–Crippen MR) is 117 cm³/mol. The predicted octanol–water partition coefficient (Wildman–Crippen LogP) is 3.05. The quantitative estimate of drug-likeness (QED) is 0.605. The maximum atomic E-state index is 12.3. The third kappa shape index (κ3) is 6.74. The summed E-state index contributed by atoms with van der Waals surface area (Å²) in [6.45, 7) is 8.80. The standard InChI is InChI=1S/C20H28N4O2S.ClH/c1-2-14-26-17-6-4-16(5-7-17)20-23-18(15-27-20)19(25)22-8-3-11-24-12-9-21-10-13-24;/h4-7,15,21H,2-3,8-14H2,1H3,(H,22,25);1H. The minimum atomic E-state index is -0.0966. The van der Waals surface area contributed by atoms with Gasteiger partial charge >= 0.3 is 0 Å². The Balaban J connectivity index is 0.00000280. The lowest BCUT2D eigenvalue weighted by Crippen LogP contribution is -2.44. The minimum absolute atomic E-state index is 0. The van der Waals surface area contributed by atoms with Gasteiger partial charge in [-0.2, -0.15) is 0 Å². The molecule has 1 aliphatic heterocycles. The topological polar surface area (TPSA) is 66.5 Å². The minimum Gasteiger partial charge on any atom is -0.494 e. The molecular weight excluding hydrogens is 396 g/mol. The molecule has 154 valence electrons. The van der Waals surface area contributed by atoms with Crippen molar-refractivity contribution >= 4 is 29.7 Å². The molecule has 2 aromatic rings. The lowest BCUT2D eigenvalue weighted by molar-refractivity contribution is 0.0947. The Morgan fingerprint density at radius 1 is 1.29 bits per heavy atom. The van der Waals surface area contributed by atoms with E-state index in [2.05, 4.69) is 27.4 Å². The number of ether oxygens (including phenoxy) is 1. The van der Waals surface area contributed by atoms with Gasteiger partial charge in [-0.3, -0.25) is 4.79 Å². The van der Waals surface area contributed by atoms with Crippen molar-refractivity contribution < 1.29 is 9.53 Å². The fourth-order valence-corrected chi connectivity index (χ4v) is 3.76. The van der Waals surface area contributed by atoms with Gasteiger partial charge in [0.2, 0.25) is 0 Å². The van der Waals surface area contributed by atoms with Crippen LogP contribution in [-0.4, -0.2) is 61.7 Å². The summed E-state index contributed by atoms with van der Waals surface area (Å²) in [7, 11) is 0. The molecule has 1 amide bonds. The first-order valence-corrected chi connectivity index (χ1v) is 10.5. The lowest BCUT2D eigenvalue weighted by Gasteiger charge is -2.26. The van der Waals surface area contributed by atoms with Crippen LogP contribution in [0.15, 0.2) is 29.6 Å². The van der Waals surface area contributed by atoms with E-state index in [1.807, 2.05) is 29.6 Å². The van der Waals surface area contributed by atoms with Crippen molar-refractivity contribution in [3.63, 3.8) is 0 Å². The molecule has 1 saturated heterocycles. The third-order valence-electron chi connectivity index (χ3n) is 4.46. The molecule has 0 atom stereocenters. The van der Waals surface area contributed by atoms with Gasteiger partial charge in [0.15, 0.2) is 0 Å². The summed E-state index contributed by atoms with van der Waals surface area (Å²) in [6.07, 6.45) is 1.95. The molecule has 0 bridgehead atoms. The van der Waals surface area contributed by atoms with Crippen molar-refractivity contribution in [2.45, 2.75) is 19.8 Å². The smallest absolute Gasteiger partial charge is 0.270 e. The highest BCUT2D eigenvalue weighted by Crippen LogP contribution is 2.25. The molecule has 1 aromatic heterocycles. The number of hydrogen-bond donors (Lipinski definition) is 2. The van der Waals surface area contributed by atoms with Gasteiger partial charge in [0, 0.05) is 43.7 Å². The summed E-state index contributed by atoms with van der Waals surface area (Å²) in [5, 5.41) is 9.00. The van der Waals surface area contributed by atoms with E-state index in [-0.39, 0.29) is 18.3 Å². The fourth-order valence-electron chi connectivity index (χ4n) is 2.95. The van der Waals surface area contributed by atoms with Crippen molar-refractivity contribution in [1.82, 2.24) is 20.5 Å². The molecule has 0 unspecified atom stereocenters. The Labute approximate surface area is 177 Å². The number of rotatable bonds is 9. The molecule has 1 aromatic carbocycles. The van der Waals surface area contributed by atoms with Crippen LogP contribution in [0.5, 0.6) is 5.75 Å². The Kier molecular flexibility index (Phi) is 9.70. The molecule has 2 N–H and O–H groups in total. The average Bonchev–Trinajstić information content (AvgIpc) is 3.21. The van der Waals surface area contributed by atoms with Crippen LogP contribution < -0.4 is 15.4 Å². The van der Waals surface area contributed by atoms with Crippen molar-refractivity contribution in [1.29, 1.82) is 0 Å². The van der Waals surface area contributed by atoms with E-state index < -0.39 is 0 Å². The highest BCUT2D eigenvalue weighted by Gasteiger charge is 2.12. The first-order chi connectivity index (χ1) is 13.3. The largest absolute Gasteiger partial charge is 0.494 e. The fraction of sp³-hybridized carbons (Fsp3) is 0.500. The van der Waals surface area contributed by atoms with Gasteiger partial charge in [0.05, 0.1) is 6.61 Å². The number of amides is 1. The van der Waals surface area contributed by atoms with Crippen molar-refractivity contribution in [3.05, 3.63) is 35.3 Å². The molecule has 28 heavy (non-hydrogen) atoms. The highest BCUT2D eigenvalue weighted by atomic mass is 35.5. The summed E-state index contributed by atoms with van der Waals surface area (Å²) < 4.78 is 5.60. The molecule has 0 aliphatic carbocycles. The van der Waals surface area contributed by atoms with Crippen LogP contribution in [0, 0.1) is 0 Å². The molecule has 1 aliphatic rings. The first-order valence-electron chi connectivity index (χ1n) is 9.66. The number of nitrogens with zero attached hydrogens (tertiary/aromatic N) is 2. The monoisotopic (exact) mass is 424 g/mol. The van der Waals surface area contributed by atoms with Crippen LogP contribution in [0.1, 0.15) is 30.3 Å². The van der Waals surface area contributed by atoms with Crippen LogP contribution >= 0.6 is 23.7 Å². The van der Waals surface area contributed by atoms with E-state index in [9.17, 15) is 4.79 Å². The second-order valence-electron chi connectivity index (χ2n) is 6.61. The van der Waals surface area contributed by atoms with Crippen molar-refractivity contribution in [2.24, 2.45) is 0 Å². The van der Waals surface area contributed by atoms with Crippen LogP contribution in [-0.2, 0) is 0 Å². The zero-order valence-corrected chi connectivity index (χ0v) is 17.9. The van der Waals surface area contributed by atoms with E-state index in [0.717, 1.165) is 68.5 Å². The van der Waals surface area contributed by atoms with Gasteiger partial charge in [-0.05, 0) is 43.7 Å². The number of hydrogen-bond acceptors (Lipinski definition) is 6. The molecule has 2 heterocycles. The van der Waals surface area contributed by atoms with E-state index in [0.29, 0.717) is 12.2 Å². The van der Waals surface area contributed by atoms with Gasteiger partial charge in [0.25, 0.3) is 5.91 Å². The van der Waals surface area contributed by atoms with Crippen LogP contribution in [0.2, 0.25) is 0 Å². The lowest BCUT2D eigenvalue weighted by atomic mass is 10.2. The molecule has 3 rings (SSSR count). The number of carbonyl (C=O) groups is 1. The van der Waals surface area contributed by atoms with E-state index >= 15 is 0 Å². The van der Waals surface area contributed by atoms with Crippen LogP contribution in [0.4, 0.5) is 0 Å². The Hall–Kier alpha value is -1.67. The Morgan fingerprint density at radius 3 is 2.75 bits per heavy atom. The summed E-state index contributed by atoms with van der Waals surface area (Å²) in [5.41, 5.74) is 1.49. The summed E-state index contributed by atoms with van der Waals surface area (Å²) in [5.74, 6) is 0.764. The first kappa shape index (κ1) is 22.6. The van der Waals surface area contributed by atoms with Gasteiger partial charge in [-0.25, -0.2) is 4.98 Å². The van der Waals surface area contributed by atoms with E-state index in [1.54, 1.807) is 0 Å². The average molecular weight is 425 g/mol. The van der Waals surface area contributed by atoms with Crippen molar-refractivity contribution in [3.8, 4) is 16.3 Å². The number of benzene rings is 1. The molecule has 1 fully saturated rings. The Morgan fingerprint density at radius 2 is 2.04 bits per heavy atom. The molecule has 0 spiro atoms. The maximum absolute atomic E-state index is 12.3. The van der Waals surface area contributed by atoms with Gasteiger partial charge < -0.3 is 20.3 Å². The van der Waals surface area contributed by atoms with Gasteiger partial charge in [-0.15, -0.1) is 23.7 Å². The number of halogens is 1. The highest BCUT2D eigenvalue weighted by molar-refractivity contribution is 7.13. The number of piperazine rings is 1. The summed E-state index contributed by atoms with van der Waals surface area (Å²) >= 11 is 1.49. The summed E-state index contributed by atoms with van der Waals surface area (Å²) in [6, 6.07) is 7.86. The zero-order valence-electron chi connectivity index (χ0n) is 16.3. The summed E-state index contributed by atoms with van der Waals surface area (Å²) in [4.78, 5) is 19.2. The van der Waals surface area contributed by atoms with E-state index in [4.69, 9.17) is 4.74 Å².